The van der Waals surface area contributed by atoms with Crippen LogP contribution in [0.5, 0.6) is 11.8 Å². The minimum Gasteiger partial charge on any atom is -0.481 e. The fraction of sp³-hybridized carbons (Fsp3) is 0.643. The van der Waals surface area contributed by atoms with Crippen molar-refractivity contribution in [2.75, 3.05) is 12.8 Å². The van der Waals surface area contributed by atoms with E-state index in [1.807, 2.05) is 0 Å². The van der Waals surface area contributed by atoms with E-state index in [0.29, 0.717) is 23.4 Å². The predicted molar refractivity (Wildman–Crippen MR) is 71.9 cm³/mol. The van der Waals surface area contributed by atoms with E-state index in [0.717, 1.165) is 12.8 Å². The number of pyridine rings is 1. The molecule has 0 radical (unpaired) electrons. The Morgan fingerprint density at radius 3 is 2.83 bits per heavy atom. The van der Waals surface area contributed by atoms with Crippen molar-refractivity contribution < 1.29 is 9.47 Å². The van der Waals surface area contributed by atoms with Gasteiger partial charge in [0.15, 0.2) is 0 Å². The monoisotopic (exact) mass is 250 g/mol. The number of nitrogen functional groups attached to an aromatic ring is 1. The molecule has 2 atom stereocenters. The van der Waals surface area contributed by atoms with Gasteiger partial charge >= 0.3 is 0 Å². The number of hydrogen-bond acceptors (Lipinski definition) is 4. The molecule has 1 aromatic heterocycles. The number of hydrogen-bond donors (Lipinski definition) is 1. The number of aromatic nitrogens is 1. The van der Waals surface area contributed by atoms with Crippen LogP contribution < -0.4 is 15.2 Å². The maximum absolute atomic E-state index is 6.02. The second-order valence-electron chi connectivity index (χ2n) is 4.86. The van der Waals surface area contributed by atoms with Crippen LogP contribution >= 0.6 is 0 Å². The zero-order valence-electron chi connectivity index (χ0n) is 11.2. The van der Waals surface area contributed by atoms with Gasteiger partial charge in [0.1, 0.15) is 6.10 Å². The first-order valence-electron chi connectivity index (χ1n) is 6.71. The standard InChI is InChI=1S/C14H22N2O2/c1-3-10-6-4-5-7-12(10)18-14-11(15)8-9-13(16-14)17-2/h8-10,12H,3-7,15H2,1-2H3. The van der Waals surface area contributed by atoms with Crippen LogP contribution in [0.3, 0.4) is 0 Å². The summed E-state index contributed by atoms with van der Waals surface area (Å²) in [6.45, 7) is 2.22. The van der Waals surface area contributed by atoms with Gasteiger partial charge in [-0.3, -0.25) is 0 Å². The largest absolute Gasteiger partial charge is 0.481 e. The molecule has 1 aliphatic carbocycles. The summed E-state index contributed by atoms with van der Waals surface area (Å²) in [5, 5.41) is 0. The van der Waals surface area contributed by atoms with E-state index in [4.69, 9.17) is 15.2 Å². The predicted octanol–water partition coefficient (Wildman–Crippen LogP) is 3.02. The Morgan fingerprint density at radius 2 is 2.11 bits per heavy atom. The minimum absolute atomic E-state index is 0.241. The normalized spacial score (nSPS) is 23.7. The molecule has 4 nitrogen and oxygen atoms in total. The molecule has 18 heavy (non-hydrogen) atoms. The van der Waals surface area contributed by atoms with Gasteiger partial charge in [-0.25, -0.2) is 0 Å². The Kier molecular flexibility index (Phi) is 4.28. The highest BCUT2D eigenvalue weighted by Crippen LogP contribution is 2.32. The molecule has 1 aliphatic rings. The maximum Gasteiger partial charge on any atom is 0.240 e. The van der Waals surface area contributed by atoms with E-state index in [9.17, 15) is 0 Å². The third-order valence-electron chi connectivity index (χ3n) is 3.70. The highest BCUT2D eigenvalue weighted by Gasteiger charge is 2.26. The second kappa shape index (κ2) is 5.94. The van der Waals surface area contributed by atoms with Crippen LogP contribution in [0.15, 0.2) is 12.1 Å². The first-order chi connectivity index (χ1) is 8.74. The molecule has 0 aromatic carbocycles. The highest BCUT2D eigenvalue weighted by molar-refractivity contribution is 5.49. The van der Waals surface area contributed by atoms with Gasteiger partial charge in [0, 0.05) is 6.07 Å². The molecule has 2 unspecified atom stereocenters. The van der Waals surface area contributed by atoms with E-state index in [-0.39, 0.29) is 6.10 Å². The Labute approximate surface area is 108 Å². The number of nitrogens with two attached hydrogens (primary N) is 1. The molecule has 0 saturated heterocycles. The lowest BCUT2D eigenvalue weighted by atomic mass is 9.85. The number of ether oxygens (including phenoxy) is 2. The molecular weight excluding hydrogens is 228 g/mol. The zero-order chi connectivity index (χ0) is 13.0. The zero-order valence-corrected chi connectivity index (χ0v) is 11.2. The van der Waals surface area contributed by atoms with Crippen molar-refractivity contribution >= 4 is 5.69 Å². The van der Waals surface area contributed by atoms with Gasteiger partial charge in [0.2, 0.25) is 11.8 Å². The van der Waals surface area contributed by atoms with Gasteiger partial charge in [0.05, 0.1) is 12.8 Å². The van der Waals surface area contributed by atoms with Gasteiger partial charge in [-0.15, -0.1) is 0 Å². The Hall–Kier alpha value is -1.45. The summed E-state index contributed by atoms with van der Waals surface area (Å²) in [6.07, 6.45) is 6.26. The molecule has 100 valence electrons. The lowest BCUT2D eigenvalue weighted by Crippen LogP contribution is -2.30. The van der Waals surface area contributed by atoms with Crippen molar-refractivity contribution in [1.82, 2.24) is 4.98 Å². The molecule has 4 heteroatoms. The summed E-state index contributed by atoms with van der Waals surface area (Å²) in [5.41, 5.74) is 6.49. The van der Waals surface area contributed by atoms with Gasteiger partial charge in [-0.2, -0.15) is 4.98 Å². The molecule has 0 bridgehead atoms. The topological polar surface area (TPSA) is 57.4 Å². The number of nitrogens with zero attached hydrogens (tertiary/aromatic N) is 1. The number of anilines is 1. The summed E-state index contributed by atoms with van der Waals surface area (Å²) in [4.78, 5) is 4.28. The van der Waals surface area contributed by atoms with E-state index >= 15 is 0 Å². The summed E-state index contributed by atoms with van der Waals surface area (Å²) in [6, 6.07) is 3.53. The third kappa shape index (κ3) is 2.86. The molecule has 1 fully saturated rings. The highest BCUT2D eigenvalue weighted by atomic mass is 16.5. The third-order valence-corrected chi connectivity index (χ3v) is 3.70. The van der Waals surface area contributed by atoms with Crippen molar-refractivity contribution in [2.24, 2.45) is 5.92 Å². The maximum atomic E-state index is 6.02. The Balaban J connectivity index is 2.11. The number of methoxy groups -OCH3 is 1. The molecule has 0 amide bonds. The number of rotatable bonds is 4. The first kappa shape index (κ1) is 13.0. The van der Waals surface area contributed by atoms with Gasteiger partial charge in [-0.1, -0.05) is 13.3 Å². The van der Waals surface area contributed by atoms with E-state index in [2.05, 4.69) is 11.9 Å². The quantitative estimate of drug-likeness (QED) is 0.892. The molecule has 1 saturated carbocycles. The minimum atomic E-state index is 0.241. The Morgan fingerprint density at radius 1 is 1.33 bits per heavy atom. The SMILES string of the molecule is CCC1CCCCC1Oc1nc(OC)ccc1N. The molecule has 0 spiro atoms. The van der Waals surface area contributed by atoms with E-state index in [1.54, 1.807) is 19.2 Å². The van der Waals surface area contributed by atoms with Crippen LogP contribution in [0, 0.1) is 5.92 Å². The van der Waals surface area contributed by atoms with Crippen molar-refractivity contribution in [1.29, 1.82) is 0 Å². The van der Waals surface area contributed by atoms with Gasteiger partial charge < -0.3 is 15.2 Å². The first-order valence-corrected chi connectivity index (χ1v) is 6.71. The molecule has 1 heterocycles. The van der Waals surface area contributed by atoms with Crippen LogP contribution in [0.2, 0.25) is 0 Å². The summed E-state index contributed by atoms with van der Waals surface area (Å²) < 4.78 is 11.1. The van der Waals surface area contributed by atoms with Crippen molar-refractivity contribution in [3.63, 3.8) is 0 Å². The average molecular weight is 250 g/mol. The van der Waals surface area contributed by atoms with Crippen LogP contribution in [0.4, 0.5) is 5.69 Å². The van der Waals surface area contributed by atoms with Crippen LogP contribution in [-0.2, 0) is 0 Å². The van der Waals surface area contributed by atoms with Crippen LogP contribution in [-0.4, -0.2) is 18.2 Å². The van der Waals surface area contributed by atoms with Crippen LogP contribution in [0.1, 0.15) is 39.0 Å². The fourth-order valence-corrected chi connectivity index (χ4v) is 2.58. The molecule has 2 rings (SSSR count). The molecular formula is C14H22N2O2. The second-order valence-corrected chi connectivity index (χ2v) is 4.86. The van der Waals surface area contributed by atoms with Crippen molar-refractivity contribution in [2.45, 2.75) is 45.1 Å². The average Bonchev–Trinajstić information content (AvgIpc) is 2.42. The summed E-state index contributed by atoms with van der Waals surface area (Å²) >= 11 is 0. The smallest absolute Gasteiger partial charge is 0.240 e. The van der Waals surface area contributed by atoms with Crippen molar-refractivity contribution in [3.05, 3.63) is 12.1 Å². The lowest BCUT2D eigenvalue weighted by Gasteiger charge is -2.31. The van der Waals surface area contributed by atoms with E-state index in [1.165, 1.54) is 19.3 Å². The van der Waals surface area contributed by atoms with Gasteiger partial charge in [-0.05, 0) is 37.7 Å². The summed E-state index contributed by atoms with van der Waals surface area (Å²) in [5.74, 6) is 1.67. The summed E-state index contributed by atoms with van der Waals surface area (Å²) in [7, 11) is 1.59. The van der Waals surface area contributed by atoms with Crippen LogP contribution in [0.25, 0.3) is 0 Å². The Bertz CT molecular complexity index is 395. The van der Waals surface area contributed by atoms with Crippen molar-refractivity contribution in [3.8, 4) is 11.8 Å². The van der Waals surface area contributed by atoms with E-state index < -0.39 is 0 Å². The molecule has 2 N–H and O–H groups in total. The fourth-order valence-electron chi connectivity index (χ4n) is 2.58. The lowest BCUT2D eigenvalue weighted by molar-refractivity contribution is 0.0860. The molecule has 1 aromatic rings. The molecule has 0 aliphatic heterocycles. The van der Waals surface area contributed by atoms with Gasteiger partial charge in [0.25, 0.3) is 0 Å².